The first kappa shape index (κ1) is 12.8. The molecule has 0 radical (unpaired) electrons. The zero-order valence-electron chi connectivity index (χ0n) is 9.83. The quantitative estimate of drug-likeness (QED) is 0.433. The number of Topliss-reactive ketones (excluding diaryl/α,β-unsaturated/α-hetero) is 1. The number of thiophene rings is 1. The molecule has 0 saturated heterocycles. The Kier molecular flexibility index (Phi) is 4.35. The molecule has 17 heavy (non-hydrogen) atoms. The summed E-state index contributed by atoms with van der Waals surface area (Å²) in [4.78, 5) is 13.1. The maximum absolute atomic E-state index is 12.1. The summed E-state index contributed by atoms with van der Waals surface area (Å²) in [6.07, 6.45) is 2.70. The molecule has 0 atom stereocenters. The lowest BCUT2D eigenvalue weighted by Gasteiger charge is -1.98. The van der Waals surface area contributed by atoms with Crippen molar-refractivity contribution < 1.29 is 4.79 Å². The maximum Gasteiger partial charge on any atom is 0.173 e. The molecule has 1 nitrogen and oxygen atoms in total. The van der Waals surface area contributed by atoms with E-state index in [1.165, 1.54) is 10.1 Å². The molecule has 90 valence electrons. The number of fused-ring (bicyclic) bond motifs is 1. The minimum absolute atomic E-state index is 0.296. The van der Waals surface area contributed by atoms with Crippen LogP contribution in [0.15, 0.2) is 24.3 Å². The van der Waals surface area contributed by atoms with E-state index in [0.717, 1.165) is 28.6 Å². The third kappa shape index (κ3) is 2.78. The van der Waals surface area contributed by atoms with Crippen LogP contribution in [0.5, 0.6) is 0 Å². The molecule has 0 saturated carbocycles. The molecule has 0 aliphatic heterocycles. The molecule has 0 N–H and O–H groups in total. The summed E-state index contributed by atoms with van der Waals surface area (Å²) >= 11 is 5.02. The fraction of sp³-hybridized carbons (Fsp3) is 0.357. The second-order valence-corrected chi connectivity index (χ2v) is 5.97. The van der Waals surface area contributed by atoms with Gasteiger partial charge in [0.25, 0.3) is 0 Å². The minimum Gasteiger partial charge on any atom is -0.293 e. The van der Waals surface area contributed by atoms with Crippen LogP contribution in [0.3, 0.4) is 0 Å². The average molecular weight is 311 g/mol. The van der Waals surface area contributed by atoms with Gasteiger partial charge in [-0.3, -0.25) is 4.79 Å². The molecule has 1 aromatic heterocycles. The number of carbonyl (C=O) groups excluding carboxylic acids is 1. The predicted molar refractivity (Wildman–Crippen MR) is 78.5 cm³/mol. The Morgan fingerprint density at radius 1 is 1.29 bits per heavy atom. The van der Waals surface area contributed by atoms with Gasteiger partial charge in [-0.1, -0.05) is 34.1 Å². The van der Waals surface area contributed by atoms with Crippen molar-refractivity contribution >= 4 is 43.1 Å². The van der Waals surface area contributed by atoms with Crippen LogP contribution in [0.25, 0.3) is 10.1 Å². The summed E-state index contributed by atoms with van der Waals surface area (Å²) in [5, 5.41) is 2.20. The van der Waals surface area contributed by atoms with Gasteiger partial charge in [0.1, 0.15) is 0 Å². The first-order valence-corrected chi connectivity index (χ1v) is 7.75. The number of hydrogen-bond acceptors (Lipinski definition) is 2. The van der Waals surface area contributed by atoms with Crippen LogP contribution < -0.4 is 0 Å². The Morgan fingerprint density at radius 2 is 2.06 bits per heavy atom. The fourth-order valence-electron chi connectivity index (χ4n) is 1.93. The second kappa shape index (κ2) is 5.78. The van der Waals surface area contributed by atoms with E-state index in [1.54, 1.807) is 11.3 Å². The number of aryl methyl sites for hydroxylation is 1. The Morgan fingerprint density at radius 3 is 2.76 bits per heavy atom. The van der Waals surface area contributed by atoms with Gasteiger partial charge >= 0.3 is 0 Å². The van der Waals surface area contributed by atoms with Crippen LogP contribution in [0.4, 0.5) is 0 Å². The Balaban J connectivity index is 2.23. The number of rotatable bonds is 5. The lowest BCUT2D eigenvalue weighted by atomic mass is 10.1. The van der Waals surface area contributed by atoms with Crippen LogP contribution in [0.1, 0.15) is 34.5 Å². The third-order valence-corrected chi connectivity index (χ3v) is 4.76. The third-order valence-electron chi connectivity index (χ3n) is 2.88. The molecule has 0 bridgehead atoms. The van der Waals surface area contributed by atoms with E-state index < -0.39 is 0 Å². The van der Waals surface area contributed by atoms with Crippen molar-refractivity contribution in [2.45, 2.75) is 26.2 Å². The van der Waals surface area contributed by atoms with E-state index in [4.69, 9.17) is 0 Å². The molecule has 3 heteroatoms. The lowest BCUT2D eigenvalue weighted by Crippen LogP contribution is -1.97. The van der Waals surface area contributed by atoms with Gasteiger partial charge in [-0.15, -0.1) is 11.3 Å². The number of halogens is 1. The Bertz CT molecular complexity index is 530. The summed E-state index contributed by atoms with van der Waals surface area (Å²) in [6, 6.07) is 8.23. The van der Waals surface area contributed by atoms with Gasteiger partial charge in [0.05, 0.1) is 4.88 Å². The SMILES string of the molecule is Cc1c(C(=O)CCCCBr)sc2ccccc12. The molecule has 0 amide bonds. The van der Waals surface area contributed by atoms with Crippen molar-refractivity contribution in [3.05, 3.63) is 34.7 Å². The van der Waals surface area contributed by atoms with Gasteiger partial charge in [-0.2, -0.15) is 0 Å². The van der Waals surface area contributed by atoms with E-state index >= 15 is 0 Å². The van der Waals surface area contributed by atoms with E-state index in [9.17, 15) is 4.79 Å². The summed E-state index contributed by atoms with van der Waals surface area (Å²) in [7, 11) is 0. The van der Waals surface area contributed by atoms with Crippen molar-refractivity contribution in [1.82, 2.24) is 0 Å². The van der Waals surface area contributed by atoms with Crippen molar-refractivity contribution in [2.24, 2.45) is 0 Å². The minimum atomic E-state index is 0.296. The number of alkyl halides is 1. The maximum atomic E-state index is 12.1. The highest BCUT2D eigenvalue weighted by Crippen LogP contribution is 2.31. The second-order valence-electron chi connectivity index (χ2n) is 4.12. The van der Waals surface area contributed by atoms with E-state index in [2.05, 4.69) is 35.0 Å². The summed E-state index contributed by atoms with van der Waals surface area (Å²) in [5.41, 5.74) is 1.15. The summed E-state index contributed by atoms with van der Waals surface area (Å²) in [5.74, 6) is 0.296. The average Bonchev–Trinajstić information content (AvgIpc) is 2.68. The molecule has 1 heterocycles. The van der Waals surface area contributed by atoms with Gasteiger partial charge in [0.15, 0.2) is 5.78 Å². The molecule has 1 aromatic carbocycles. The Labute approximate surface area is 114 Å². The molecule has 2 aromatic rings. The van der Waals surface area contributed by atoms with Crippen LogP contribution in [-0.4, -0.2) is 11.1 Å². The van der Waals surface area contributed by atoms with Gasteiger partial charge in [0.2, 0.25) is 0 Å². The van der Waals surface area contributed by atoms with Gasteiger partial charge in [-0.25, -0.2) is 0 Å². The number of unbranched alkanes of at least 4 members (excludes halogenated alkanes) is 1. The van der Waals surface area contributed by atoms with Crippen LogP contribution in [-0.2, 0) is 0 Å². The first-order valence-electron chi connectivity index (χ1n) is 5.81. The highest BCUT2D eigenvalue weighted by atomic mass is 79.9. The zero-order chi connectivity index (χ0) is 12.3. The monoisotopic (exact) mass is 310 g/mol. The smallest absolute Gasteiger partial charge is 0.173 e. The van der Waals surface area contributed by atoms with Crippen LogP contribution in [0.2, 0.25) is 0 Å². The molecule has 0 aliphatic rings. The van der Waals surface area contributed by atoms with E-state index in [1.807, 2.05) is 12.1 Å². The largest absolute Gasteiger partial charge is 0.293 e. The standard InChI is InChI=1S/C14H15BrOS/c1-10-11-6-2-3-8-13(11)17-14(10)12(16)7-4-5-9-15/h2-3,6,8H,4-5,7,9H2,1H3. The number of ketones is 1. The van der Waals surface area contributed by atoms with Crippen molar-refractivity contribution in [3.63, 3.8) is 0 Å². The van der Waals surface area contributed by atoms with Crippen molar-refractivity contribution in [1.29, 1.82) is 0 Å². The van der Waals surface area contributed by atoms with Gasteiger partial charge in [-0.05, 0) is 36.8 Å². The highest BCUT2D eigenvalue weighted by Gasteiger charge is 2.14. The fourth-order valence-corrected chi connectivity index (χ4v) is 3.51. The van der Waals surface area contributed by atoms with E-state index in [0.29, 0.717) is 12.2 Å². The topological polar surface area (TPSA) is 17.1 Å². The first-order chi connectivity index (χ1) is 8.24. The van der Waals surface area contributed by atoms with E-state index in [-0.39, 0.29) is 0 Å². The van der Waals surface area contributed by atoms with Gasteiger partial charge in [0, 0.05) is 16.5 Å². The molecule has 0 aliphatic carbocycles. The number of hydrogen-bond donors (Lipinski definition) is 0. The summed E-state index contributed by atoms with van der Waals surface area (Å²) in [6.45, 7) is 2.05. The molecule has 0 unspecified atom stereocenters. The molecular formula is C14H15BrOS. The number of benzene rings is 1. The molecule has 0 fully saturated rings. The van der Waals surface area contributed by atoms with Gasteiger partial charge < -0.3 is 0 Å². The van der Waals surface area contributed by atoms with Crippen molar-refractivity contribution in [2.75, 3.05) is 5.33 Å². The lowest BCUT2D eigenvalue weighted by molar-refractivity contribution is 0.0983. The highest BCUT2D eigenvalue weighted by molar-refractivity contribution is 9.09. The summed E-state index contributed by atoms with van der Waals surface area (Å²) < 4.78 is 1.22. The molecule has 0 spiro atoms. The predicted octanol–water partition coefficient (Wildman–Crippen LogP) is 4.96. The van der Waals surface area contributed by atoms with Crippen LogP contribution >= 0.6 is 27.3 Å². The molecule has 2 rings (SSSR count). The normalized spacial score (nSPS) is 10.9. The van der Waals surface area contributed by atoms with Crippen LogP contribution in [0, 0.1) is 6.92 Å². The molecular weight excluding hydrogens is 296 g/mol. The Hall–Kier alpha value is -0.670. The van der Waals surface area contributed by atoms with Crippen molar-refractivity contribution in [3.8, 4) is 0 Å². The number of carbonyl (C=O) groups is 1. The zero-order valence-corrected chi connectivity index (χ0v) is 12.2.